The molecule has 1 aliphatic carbocycles. The quantitative estimate of drug-likeness (QED) is 0.622. The van der Waals surface area contributed by atoms with Gasteiger partial charge in [-0.1, -0.05) is 6.92 Å². The van der Waals surface area contributed by atoms with Crippen LogP contribution in [-0.2, 0) is 22.5 Å². The second kappa shape index (κ2) is 8.31. The Labute approximate surface area is 192 Å². The van der Waals surface area contributed by atoms with Crippen molar-refractivity contribution in [3.63, 3.8) is 0 Å². The van der Waals surface area contributed by atoms with E-state index in [9.17, 15) is 4.79 Å². The van der Waals surface area contributed by atoms with Gasteiger partial charge in [0.1, 0.15) is 17.7 Å². The van der Waals surface area contributed by atoms with E-state index in [-0.39, 0.29) is 18.2 Å². The number of ether oxygens (including phenoxy) is 2. The Bertz CT molecular complexity index is 1200. The molecule has 2 aromatic heterocycles. The van der Waals surface area contributed by atoms with Crippen LogP contribution in [0.25, 0.3) is 11.2 Å². The SMILES string of the molecule is CCc1cc2nc3c1ncn3C(=O)N[C@@H]1CC[C@H]1OCc1cc(cc(N3CCOCC3)c1)N2. The molecule has 3 aromatic rings. The summed E-state index contributed by atoms with van der Waals surface area (Å²) < 4.78 is 13.3. The lowest BCUT2D eigenvalue weighted by Crippen LogP contribution is -2.52. The highest BCUT2D eigenvalue weighted by atomic mass is 16.5. The van der Waals surface area contributed by atoms with Crippen molar-refractivity contribution in [3.05, 3.63) is 41.7 Å². The van der Waals surface area contributed by atoms with Gasteiger partial charge >= 0.3 is 6.03 Å². The highest BCUT2D eigenvalue weighted by Crippen LogP contribution is 2.30. The molecular weight excluding hydrogens is 420 g/mol. The molecular formula is C24H28N6O3. The summed E-state index contributed by atoms with van der Waals surface area (Å²) in [6, 6.07) is 8.26. The van der Waals surface area contributed by atoms with Crippen LogP contribution < -0.4 is 15.5 Å². The molecule has 33 heavy (non-hydrogen) atoms. The maximum absolute atomic E-state index is 13.0. The molecule has 0 radical (unpaired) electrons. The first kappa shape index (κ1) is 20.4. The predicted octanol–water partition coefficient (Wildman–Crippen LogP) is 3.19. The van der Waals surface area contributed by atoms with E-state index >= 15 is 0 Å². The van der Waals surface area contributed by atoms with Gasteiger partial charge < -0.3 is 25.0 Å². The Hall–Kier alpha value is -3.17. The van der Waals surface area contributed by atoms with Crippen molar-refractivity contribution in [3.8, 4) is 0 Å². The van der Waals surface area contributed by atoms with Crippen LogP contribution in [0.15, 0.2) is 30.6 Å². The van der Waals surface area contributed by atoms with Crippen LogP contribution in [0.2, 0.25) is 0 Å². The van der Waals surface area contributed by atoms with E-state index in [4.69, 9.17) is 14.5 Å². The molecule has 172 valence electrons. The number of aryl methyl sites for hydroxylation is 1. The summed E-state index contributed by atoms with van der Waals surface area (Å²) >= 11 is 0. The van der Waals surface area contributed by atoms with Gasteiger partial charge in [0.05, 0.1) is 32.0 Å². The summed E-state index contributed by atoms with van der Waals surface area (Å²) in [5, 5.41) is 6.59. The number of benzene rings is 1. The first-order valence-electron chi connectivity index (χ1n) is 11.7. The summed E-state index contributed by atoms with van der Waals surface area (Å²) in [6.07, 6.45) is 4.21. The fourth-order valence-electron chi connectivity index (χ4n) is 4.78. The monoisotopic (exact) mass is 448 g/mol. The van der Waals surface area contributed by atoms with Crippen molar-refractivity contribution >= 4 is 34.4 Å². The van der Waals surface area contributed by atoms with Gasteiger partial charge in [0.25, 0.3) is 0 Å². The lowest BCUT2D eigenvalue weighted by atomic mass is 9.89. The molecule has 9 nitrogen and oxygen atoms in total. The average molecular weight is 449 g/mol. The Kier molecular flexibility index (Phi) is 5.15. The zero-order valence-corrected chi connectivity index (χ0v) is 18.7. The van der Waals surface area contributed by atoms with E-state index in [1.54, 1.807) is 6.33 Å². The second-order valence-electron chi connectivity index (χ2n) is 8.90. The first-order chi connectivity index (χ1) is 16.2. The summed E-state index contributed by atoms with van der Waals surface area (Å²) in [4.78, 5) is 24.6. The van der Waals surface area contributed by atoms with Crippen LogP contribution in [-0.4, -0.2) is 59.0 Å². The molecule has 1 saturated carbocycles. The van der Waals surface area contributed by atoms with Crippen LogP contribution in [0.4, 0.5) is 22.0 Å². The van der Waals surface area contributed by atoms with Gasteiger partial charge in [-0.2, -0.15) is 0 Å². The lowest BCUT2D eigenvalue weighted by molar-refractivity contribution is -0.0323. The van der Waals surface area contributed by atoms with Crippen molar-refractivity contribution in [1.29, 1.82) is 0 Å². The average Bonchev–Trinajstić information content (AvgIpc) is 3.25. The number of anilines is 3. The summed E-state index contributed by atoms with van der Waals surface area (Å²) in [7, 11) is 0. The van der Waals surface area contributed by atoms with E-state index in [0.29, 0.717) is 18.1 Å². The smallest absolute Gasteiger partial charge is 0.328 e. The van der Waals surface area contributed by atoms with E-state index < -0.39 is 0 Å². The third kappa shape index (κ3) is 3.81. The normalized spacial score (nSPS) is 22.8. The number of pyridine rings is 1. The summed E-state index contributed by atoms with van der Waals surface area (Å²) in [6.45, 7) is 5.77. The zero-order valence-electron chi connectivity index (χ0n) is 18.7. The fraction of sp³-hybridized carbons (Fsp3) is 0.458. The van der Waals surface area contributed by atoms with Crippen LogP contribution in [0.3, 0.4) is 0 Å². The fourth-order valence-corrected chi connectivity index (χ4v) is 4.78. The number of amides is 1. The molecule has 3 aliphatic rings. The van der Waals surface area contributed by atoms with Crippen molar-refractivity contribution in [2.45, 2.75) is 44.9 Å². The van der Waals surface area contributed by atoms with E-state index in [0.717, 1.165) is 73.6 Å². The minimum atomic E-state index is -0.215. The van der Waals surface area contributed by atoms with Gasteiger partial charge in [0.15, 0.2) is 5.65 Å². The number of carbonyl (C=O) groups is 1. The predicted molar refractivity (Wildman–Crippen MR) is 125 cm³/mol. The van der Waals surface area contributed by atoms with E-state index in [2.05, 4.69) is 45.6 Å². The molecule has 9 heteroatoms. The van der Waals surface area contributed by atoms with Crippen molar-refractivity contribution in [2.24, 2.45) is 0 Å². The lowest BCUT2D eigenvalue weighted by Gasteiger charge is -2.37. The standard InChI is InChI=1S/C24H28N6O3/c1-2-16-11-21-26-17-9-15(10-18(12-17)29-5-7-32-8-6-29)13-33-20-4-3-19(20)27-24(31)30-14-25-22(16)23(30)28-21/h9-12,14,19-20H,2-8,13H2,1H3,(H,26,28)(H,27,31)/t19-,20-/m1/s1. The van der Waals surface area contributed by atoms with E-state index in [1.807, 2.05) is 6.07 Å². The number of fused-ring (bicyclic) bond motifs is 4. The molecule has 2 aliphatic heterocycles. The maximum Gasteiger partial charge on any atom is 0.328 e. The molecule has 2 atom stereocenters. The molecule has 0 spiro atoms. The molecule has 4 heterocycles. The summed E-state index contributed by atoms with van der Waals surface area (Å²) in [5.74, 6) is 0.693. The van der Waals surface area contributed by atoms with Gasteiger partial charge in [0.2, 0.25) is 0 Å². The number of morpholine rings is 1. The van der Waals surface area contributed by atoms with Crippen molar-refractivity contribution < 1.29 is 14.3 Å². The third-order valence-corrected chi connectivity index (χ3v) is 6.79. The Morgan fingerprint density at radius 3 is 2.82 bits per heavy atom. The van der Waals surface area contributed by atoms with Crippen molar-refractivity contribution in [2.75, 3.05) is 36.5 Å². The Morgan fingerprint density at radius 2 is 2.03 bits per heavy atom. The third-order valence-electron chi connectivity index (χ3n) is 6.79. The van der Waals surface area contributed by atoms with Gasteiger partial charge in [-0.05, 0) is 54.7 Å². The highest BCUT2D eigenvalue weighted by molar-refractivity contribution is 5.89. The van der Waals surface area contributed by atoms with Gasteiger partial charge in [0, 0.05) is 24.5 Å². The Morgan fingerprint density at radius 1 is 1.15 bits per heavy atom. The molecule has 6 rings (SSSR count). The second-order valence-corrected chi connectivity index (χ2v) is 8.90. The number of hydrogen-bond acceptors (Lipinski definition) is 7. The maximum atomic E-state index is 13.0. The van der Waals surface area contributed by atoms with E-state index in [1.165, 1.54) is 4.57 Å². The Balaban J connectivity index is 1.45. The number of imidazole rings is 1. The number of carbonyl (C=O) groups excluding carboxylic acids is 1. The molecule has 2 fully saturated rings. The number of nitrogens with one attached hydrogen (secondary N) is 2. The van der Waals surface area contributed by atoms with Gasteiger partial charge in [-0.25, -0.2) is 19.3 Å². The number of aromatic nitrogens is 3. The molecule has 1 aromatic carbocycles. The van der Waals surface area contributed by atoms with Gasteiger partial charge in [-0.15, -0.1) is 0 Å². The minimum Gasteiger partial charge on any atom is -0.378 e. The van der Waals surface area contributed by atoms with Crippen LogP contribution in [0.5, 0.6) is 0 Å². The number of hydrogen-bond donors (Lipinski definition) is 2. The number of nitrogens with zero attached hydrogens (tertiary/aromatic N) is 4. The minimum absolute atomic E-state index is 0.00449. The topological polar surface area (TPSA) is 93.5 Å². The molecule has 0 unspecified atom stereocenters. The zero-order chi connectivity index (χ0) is 22.4. The number of rotatable bonds is 2. The molecule has 1 saturated heterocycles. The van der Waals surface area contributed by atoms with Crippen LogP contribution >= 0.6 is 0 Å². The van der Waals surface area contributed by atoms with Crippen LogP contribution in [0, 0.1) is 0 Å². The van der Waals surface area contributed by atoms with Crippen molar-refractivity contribution in [1.82, 2.24) is 19.9 Å². The molecule has 4 bridgehead atoms. The summed E-state index contributed by atoms with van der Waals surface area (Å²) in [5.41, 5.74) is 5.56. The largest absolute Gasteiger partial charge is 0.378 e. The molecule has 2 N–H and O–H groups in total. The highest BCUT2D eigenvalue weighted by Gasteiger charge is 2.34. The molecule has 1 amide bonds. The first-order valence-corrected chi connectivity index (χ1v) is 11.7. The van der Waals surface area contributed by atoms with Crippen LogP contribution in [0.1, 0.15) is 30.9 Å². The van der Waals surface area contributed by atoms with Gasteiger partial charge in [-0.3, -0.25) is 0 Å².